The molecule has 1 N–H and O–H groups in total. The Kier molecular flexibility index (Phi) is 8.26. The van der Waals surface area contributed by atoms with Gasteiger partial charge in [-0.3, -0.25) is 0 Å². The average Bonchev–Trinajstić information content (AvgIpc) is 2.02. The standard InChI is InChI=1S/C13H29N/c1-11(2)7-6-8-13(5)14-10-9-12(3)4/h11-14H,6-10H2,1-5H3. The van der Waals surface area contributed by atoms with Gasteiger partial charge in [0.25, 0.3) is 0 Å². The molecule has 0 radical (unpaired) electrons. The highest BCUT2D eigenvalue weighted by Gasteiger charge is 2.02. The molecule has 0 saturated heterocycles. The first-order valence-corrected chi connectivity index (χ1v) is 6.25. The van der Waals surface area contributed by atoms with Crippen molar-refractivity contribution in [1.82, 2.24) is 5.32 Å². The van der Waals surface area contributed by atoms with Crippen LogP contribution in [0.1, 0.15) is 60.3 Å². The summed E-state index contributed by atoms with van der Waals surface area (Å²) < 4.78 is 0. The molecule has 1 unspecified atom stereocenters. The normalized spacial score (nSPS) is 13.9. The third-order valence-corrected chi connectivity index (χ3v) is 2.63. The van der Waals surface area contributed by atoms with Gasteiger partial charge in [0, 0.05) is 6.04 Å². The molecule has 1 nitrogen and oxygen atoms in total. The summed E-state index contributed by atoms with van der Waals surface area (Å²) >= 11 is 0. The molecular weight excluding hydrogens is 170 g/mol. The summed E-state index contributed by atoms with van der Waals surface area (Å²) in [6, 6.07) is 0.701. The van der Waals surface area contributed by atoms with Gasteiger partial charge in [0.05, 0.1) is 0 Å². The van der Waals surface area contributed by atoms with Gasteiger partial charge in [-0.05, 0) is 38.1 Å². The van der Waals surface area contributed by atoms with Crippen LogP contribution in [0.15, 0.2) is 0 Å². The van der Waals surface area contributed by atoms with E-state index in [0.717, 1.165) is 11.8 Å². The highest BCUT2D eigenvalue weighted by molar-refractivity contribution is 4.62. The summed E-state index contributed by atoms with van der Waals surface area (Å²) in [5.41, 5.74) is 0. The van der Waals surface area contributed by atoms with E-state index in [1.165, 1.54) is 32.2 Å². The van der Waals surface area contributed by atoms with Gasteiger partial charge in [0.1, 0.15) is 0 Å². The minimum Gasteiger partial charge on any atom is -0.314 e. The van der Waals surface area contributed by atoms with Crippen LogP contribution in [0, 0.1) is 11.8 Å². The SMILES string of the molecule is CC(C)CCCC(C)NCCC(C)C. The minimum absolute atomic E-state index is 0.701. The summed E-state index contributed by atoms with van der Waals surface area (Å²) in [7, 11) is 0. The Hall–Kier alpha value is -0.0400. The number of nitrogens with one attached hydrogen (secondary N) is 1. The smallest absolute Gasteiger partial charge is 0.00387 e. The molecule has 0 bridgehead atoms. The predicted octanol–water partition coefficient (Wildman–Crippen LogP) is 3.84. The van der Waals surface area contributed by atoms with Gasteiger partial charge in [-0.2, -0.15) is 0 Å². The first-order valence-electron chi connectivity index (χ1n) is 6.25. The van der Waals surface area contributed by atoms with E-state index in [-0.39, 0.29) is 0 Å². The highest BCUT2D eigenvalue weighted by Crippen LogP contribution is 2.08. The second-order valence-electron chi connectivity index (χ2n) is 5.36. The summed E-state index contributed by atoms with van der Waals surface area (Å²) in [6.45, 7) is 12.7. The molecule has 0 aromatic carbocycles. The first kappa shape index (κ1) is 14.0. The van der Waals surface area contributed by atoms with E-state index in [1.807, 2.05) is 0 Å². The number of hydrogen-bond acceptors (Lipinski definition) is 1. The minimum atomic E-state index is 0.701. The molecule has 0 rings (SSSR count). The van der Waals surface area contributed by atoms with E-state index in [9.17, 15) is 0 Å². The van der Waals surface area contributed by atoms with E-state index in [4.69, 9.17) is 0 Å². The van der Waals surface area contributed by atoms with Crippen LogP contribution in [-0.2, 0) is 0 Å². The lowest BCUT2D eigenvalue weighted by Crippen LogP contribution is -2.27. The largest absolute Gasteiger partial charge is 0.314 e. The number of hydrogen-bond donors (Lipinski definition) is 1. The Balaban J connectivity index is 3.23. The Morgan fingerprint density at radius 2 is 1.36 bits per heavy atom. The van der Waals surface area contributed by atoms with Crippen molar-refractivity contribution >= 4 is 0 Å². The second kappa shape index (κ2) is 8.28. The molecule has 1 heteroatoms. The van der Waals surface area contributed by atoms with Crippen molar-refractivity contribution in [2.75, 3.05) is 6.54 Å². The van der Waals surface area contributed by atoms with Crippen molar-refractivity contribution in [3.63, 3.8) is 0 Å². The average molecular weight is 199 g/mol. The third-order valence-electron chi connectivity index (χ3n) is 2.63. The van der Waals surface area contributed by atoms with Crippen molar-refractivity contribution in [1.29, 1.82) is 0 Å². The van der Waals surface area contributed by atoms with Crippen molar-refractivity contribution in [3.05, 3.63) is 0 Å². The fourth-order valence-electron chi connectivity index (χ4n) is 1.55. The van der Waals surface area contributed by atoms with Gasteiger partial charge < -0.3 is 5.32 Å². The lowest BCUT2D eigenvalue weighted by Gasteiger charge is -2.15. The van der Waals surface area contributed by atoms with Crippen LogP contribution in [0.5, 0.6) is 0 Å². The quantitative estimate of drug-likeness (QED) is 0.626. The van der Waals surface area contributed by atoms with E-state index < -0.39 is 0 Å². The van der Waals surface area contributed by atoms with Crippen molar-refractivity contribution in [2.24, 2.45) is 11.8 Å². The fourth-order valence-corrected chi connectivity index (χ4v) is 1.55. The van der Waals surface area contributed by atoms with Gasteiger partial charge in [-0.1, -0.05) is 40.5 Å². The summed E-state index contributed by atoms with van der Waals surface area (Å²) in [4.78, 5) is 0. The Morgan fingerprint density at radius 3 is 1.86 bits per heavy atom. The Bertz CT molecular complexity index is 104. The molecular formula is C13H29N. The monoisotopic (exact) mass is 199 g/mol. The molecule has 0 aliphatic carbocycles. The summed E-state index contributed by atoms with van der Waals surface area (Å²) in [5, 5.41) is 3.59. The first-order chi connectivity index (χ1) is 6.52. The zero-order valence-corrected chi connectivity index (χ0v) is 10.8. The molecule has 0 aromatic heterocycles. The van der Waals surface area contributed by atoms with Crippen molar-refractivity contribution in [3.8, 4) is 0 Å². The van der Waals surface area contributed by atoms with Crippen LogP contribution in [0.25, 0.3) is 0 Å². The van der Waals surface area contributed by atoms with E-state index in [2.05, 4.69) is 39.9 Å². The molecule has 14 heavy (non-hydrogen) atoms. The number of rotatable bonds is 8. The zero-order valence-electron chi connectivity index (χ0n) is 10.8. The Morgan fingerprint density at radius 1 is 0.786 bits per heavy atom. The van der Waals surface area contributed by atoms with Crippen molar-refractivity contribution in [2.45, 2.75) is 66.3 Å². The van der Waals surface area contributed by atoms with Crippen LogP contribution >= 0.6 is 0 Å². The third kappa shape index (κ3) is 10.0. The van der Waals surface area contributed by atoms with Gasteiger partial charge in [-0.25, -0.2) is 0 Å². The predicted molar refractivity (Wildman–Crippen MR) is 65.6 cm³/mol. The zero-order chi connectivity index (χ0) is 11.0. The van der Waals surface area contributed by atoms with Crippen molar-refractivity contribution < 1.29 is 0 Å². The van der Waals surface area contributed by atoms with E-state index in [1.54, 1.807) is 0 Å². The molecule has 0 saturated carbocycles. The van der Waals surface area contributed by atoms with Gasteiger partial charge in [0.15, 0.2) is 0 Å². The molecule has 0 aromatic rings. The summed E-state index contributed by atoms with van der Waals surface area (Å²) in [5.74, 6) is 1.68. The lowest BCUT2D eigenvalue weighted by molar-refractivity contribution is 0.438. The molecule has 0 spiro atoms. The molecule has 0 amide bonds. The maximum absolute atomic E-state index is 3.59. The summed E-state index contributed by atoms with van der Waals surface area (Å²) in [6.07, 6.45) is 5.37. The van der Waals surface area contributed by atoms with Crippen LogP contribution < -0.4 is 5.32 Å². The fraction of sp³-hybridized carbons (Fsp3) is 1.00. The van der Waals surface area contributed by atoms with E-state index in [0.29, 0.717) is 6.04 Å². The van der Waals surface area contributed by atoms with Crippen LogP contribution in [0.2, 0.25) is 0 Å². The second-order valence-corrected chi connectivity index (χ2v) is 5.36. The maximum Gasteiger partial charge on any atom is 0.00387 e. The molecule has 1 atom stereocenters. The van der Waals surface area contributed by atoms with Gasteiger partial charge in [-0.15, -0.1) is 0 Å². The van der Waals surface area contributed by atoms with E-state index >= 15 is 0 Å². The Labute approximate surface area is 90.7 Å². The molecule has 0 aliphatic heterocycles. The topological polar surface area (TPSA) is 12.0 Å². The lowest BCUT2D eigenvalue weighted by atomic mass is 10.0. The maximum atomic E-state index is 3.59. The van der Waals surface area contributed by atoms with Crippen LogP contribution in [0.4, 0.5) is 0 Å². The van der Waals surface area contributed by atoms with Gasteiger partial charge in [0.2, 0.25) is 0 Å². The van der Waals surface area contributed by atoms with Gasteiger partial charge >= 0.3 is 0 Å². The molecule has 0 heterocycles. The molecule has 0 aliphatic rings. The highest BCUT2D eigenvalue weighted by atomic mass is 14.9. The van der Waals surface area contributed by atoms with Crippen LogP contribution in [-0.4, -0.2) is 12.6 Å². The molecule has 86 valence electrons. The molecule has 0 fully saturated rings. The van der Waals surface area contributed by atoms with Crippen LogP contribution in [0.3, 0.4) is 0 Å².